The summed E-state index contributed by atoms with van der Waals surface area (Å²) in [6.45, 7) is 4.54. The number of aromatic nitrogens is 1. The van der Waals surface area contributed by atoms with Crippen LogP contribution in [0, 0.1) is 0 Å². The molecule has 1 heteroatoms. The van der Waals surface area contributed by atoms with Crippen molar-refractivity contribution < 1.29 is 0 Å². The Balaban J connectivity index is 2.26. The van der Waals surface area contributed by atoms with Crippen molar-refractivity contribution in [1.29, 1.82) is 0 Å². The summed E-state index contributed by atoms with van der Waals surface area (Å²) in [5.74, 6) is 1.35. The fraction of sp³-hybridized carbons (Fsp3) is 0.438. The Morgan fingerprint density at radius 2 is 1.94 bits per heavy atom. The first-order valence-corrected chi connectivity index (χ1v) is 6.65. The lowest BCUT2D eigenvalue weighted by Gasteiger charge is -2.30. The fourth-order valence-corrected chi connectivity index (χ4v) is 2.79. The third kappa shape index (κ3) is 1.74. The molecule has 0 radical (unpaired) electrons. The van der Waals surface area contributed by atoms with Gasteiger partial charge in [0.15, 0.2) is 0 Å². The maximum absolute atomic E-state index is 4.60. The van der Waals surface area contributed by atoms with Crippen molar-refractivity contribution in [2.75, 3.05) is 0 Å². The highest BCUT2D eigenvalue weighted by Gasteiger charge is 2.25. The normalized spacial score (nSPS) is 16.4. The van der Waals surface area contributed by atoms with Gasteiger partial charge in [-0.25, -0.2) is 0 Å². The molecule has 3 rings (SSSR count). The van der Waals surface area contributed by atoms with Gasteiger partial charge >= 0.3 is 0 Å². The van der Waals surface area contributed by atoms with Crippen LogP contribution in [0.3, 0.4) is 0 Å². The summed E-state index contributed by atoms with van der Waals surface area (Å²) in [5.41, 5.74) is 4.18. The average Bonchev–Trinajstić information content (AvgIpc) is 2.26. The third-order valence-corrected chi connectivity index (χ3v) is 3.98. The highest BCUT2D eigenvalue weighted by atomic mass is 14.7. The molecule has 0 spiro atoms. The maximum atomic E-state index is 4.60. The first kappa shape index (κ1) is 10.8. The van der Waals surface area contributed by atoms with Crippen LogP contribution in [0.5, 0.6) is 0 Å². The minimum absolute atomic E-state index is 0.572. The number of pyridine rings is 1. The molecule has 1 heterocycles. The van der Waals surface area contributed by atoms with Crippen molar-refractivity contribution >= 4 is 10.9 Å². The molecule has 2 aromatic rings. The molecule has 1 aliphatic rings. The lowest BCUT2D eigenvalue weighted by atomic mass is 9.75. The van der Waals surface area contributed by atoms with Crippen molar-refractivity contribution in [2.24, 2.45) is 0 Å². The zero-order valence-electron chi connectivity index (χ0n) is 10.6. The van der Waals surface area contributed by atoms with E-state index in [9.17, 15) is 0 Å². The monoisotopic (exact) mass is 225 g/mol. The molecular weight excluding hydrogens is 206 g/mol. The lowest BCUT2D eigenvalue weighted by Crippen LogP contribution is -2.13. The second kappa shape index (κ2) is 4.14. The van der Waals surface area contributed by atoms with Gasteiger partial charge in [0.2, 0.25) is 0 Å². The van der Waals surface area contributed by atoms with Gasteiger partial charge in [-0.15, -0.1) is 0 Å². The van der Waals surface area contributed by atoms with E-state index in [1.807, 2.05) is 0 Å². The SMILES string of the molecule is CC(C)c1cnc2ccccc2c1C1CCC1. The van der Waals surface area contributed by atoms with Crippen LogP contribution in [0.2, 0.25) is 0 Å². The van der Waals surface area contributed by atoms with Gasteiger partial charge in [0.25, 0.3) is 0 Å². The Kier molecular flexibility index (Phi) is 2.62. The Morgan fingerprint density at radius 3 is 2.59 bits per heavy atom. The van der Waals surface area contributed by atoms with Gasteiger partial charge in [-0.1, -0.05) is 38.5 Å². The number of hydrogen-bond acceptors (Lipinski definition) is 1. The summed E-state index contributed by atoms with van der Waals surface area (Å²) in [4.78, 5) is 4.60. The molecule has 1 aliphatic carbocycles. The highest BCUT2D eigenvalue weighted by Crippen LogP contribution is 2.42. The molecule has 0 aliphatic heterocycles. The van der Waals surface area contributed by atoms with E-state index in [1.54, 1.807) is 5.56 Å². The van der Waals surface area contributed by atoms with Crippen LogP contribution >= 0.6 is 0 Å². The number of benzene rings is 1. The number of para-hydroxylation sites is 1. The van der Waals surface area contributed by atoms with E-state index in [-0.39, 0.29) is 0 Å². The van der Waals surface area contributed by atoms with Crippen LogP contribution in [-0.4, -0.2) is 4.98 Å². The van der Waals surface area contributed by atoms with Crippen LogP contribution in [-0.2, 0) is 0 Å². The molecule has 0 unspecified atom stereocenters. The summed E-state index contributed by atoms with van der Waals surface area (Å²) in [5, 5.41) is 1.38. The number of fused-ring (bicyclic) bond motifs is 1. The summed E-state index contributed by atoms with van der Waals surface area (Å²) < 4.78 is 0. The summed E-state index contributed by atoms with van der Waals surface area (Å²) in [6.07, 6.45) is 6.20. The molecule has 0 saturated heterocycles. The van der Waals surface area contributed by atoms with Crippen LogP contribution in [0.1, 0.15) is 56.1 Å². The average molecular weight is 225 g/mol. The Bertz CT molecular complexity index is 538. The van der Waals surface area contributed by atoms with Crippen molar-refractivity contribution in [3.8, 4) is 0 Å². The van der Waals surface area contributed by atoms with Gasteiger partial charge in [0, 0.05) is 11.6 Å². The molecule has 0 N–H and O–H groups in total. The van der Waals surface area contributed by atoms with E-state index in [2.05, 4.69) is 49.3 Å². The molecule has 1 nitrogen and oxygen atoms in total. The maximum Gasteiger partial charge on any atom is 0.0705 e. The largest absolute Gasteiger partial charge is 0.256 e. The smallest absolute Gasteiger partial charge is 0.0705 e. The van der Waals surface area contributed by atoms with Gasteiger partial charge in [-0.3, -0.25) is 4.98 Å². The van der Waals surface area contributed by atoms with E-state index in [1.165, 1.54) is 30.2 Å². The van der Waals surface area contributed by atoms with Crippen LogP contribution < -0.4 is 0 Å². The van der Waals surface area contributed by atoms with E-state index in [4.69, 9.17) is 0 Å². The molecule has 88 valence electrons. The van der Waals surface area contributed by atoms with E-state index < -0.39 is 0 Å². The van der Waals surface area contributed by atoms with Crippen molar-refractivity contribution in [3.63, 3.8) is 0 Å². The standard InChI is InChI=1S/C16H19N/c1-11(2)14-10-17-15-9-4-3-8-13(15)16(14)12-6-5-7-12/h3-4,8-12H,5-7H2,1-2H3. The molecule has 1 fully saturated rings. The molecule has 0 atom stereocenters. The first-order valence-electron chi connectivity index (χ1n) is 6.65. The molecule has 0 bridgehead atoms. The van der Waals surface area contributed by atoms with Crippen molar-refractivity contribution in [3.05, 3.63) is 41.6 Å². The van der Waals surface area contributed by atoms with Gasteiger partial charge in [-0.05, 0) is 41.9 Å². The van der Waals surface area contributed by atoms with Gasteiger partial charge in [0.1, 0.15) is 0 Å². The second-order valence-electron chi connectivity index (χ2n) is 5.43. The summed E-state index contributed by atoms with van der Waals surface area (Å²) in [6, 6.07) is 8.58. The van der Waals surface area contributed by atoms with Gasteiger partial charge in [0.05, 0.1) is 5.52 Å². The first-order chi connectivity index (χ1) is 8.27. The Morgan fingerprint density at radius 1 is 1.18 bits per heavy atom. The molecule has 1 aromatic carbocycles. The minimum atomic E-state index is 0.572. The van der Waals surface area contributed by atoms with Crippen molar-refractivity contribution in [2.45, 2.75) is 44.9 Å². The highest BCUT2D eigenvalue weighted by molar-refractivity contribution is 5.83. The second-order valence-corrected chi connectivity index (χ2v) is 5.43. The molecule has 17 heavy (non-hydrogen) atoms. The molecular formula is C16H19N. The predicted molar refractivity (Wildman–Crippen MR) is 72.4 cm³/mol. The summed E-state index contributed by atoms with van der Waals surface area (Å²) >= 11 is 0. The summed E-state index contributed by atoms with van der Waals surface area (Å²) in [7, 11) is 0. The Labute approximate surface area is 103 Å². The van der Waals surface area contributed by atoms with E-state index in [0.29, 0.717) is 5.92 Å². The quantitative estimate of drug-likeness (QED) is 0.726. The molecule has 1 saturated carbocycles. The van der Waals surface area contributed by atoms with Crippen LogP contribution in [0.15, 0.2) is 30.5 Å². The topological polar surface area (TPSA) is 12.9 Å². The van der Waals surface area contributed by atoms with Crippen LogP contribution in [0.25, 0.3) is 10.9 Å². The third-order valence-electron chi connectivity index (χ3n) is 3.98. The van der Waals surface area contributed by atoms with Crippen molar-refractivity contribution in [1.82, 2.24) is 4.98 Å². The number of rotatable bonds is 2. The van der Waals surface area contributed by atoms with E-state index in [0.717, 1.165) is 11.4 Å². The zero-order valence-corrected chi connectivity index (χ0v) is 10.6. The number of hydrogen-bond donors (Lipinski definition) is 0. The van der Waals surface area contributed by atoms with E-state index >= 15 is 0 Å². The molecule has 0 amide bonds. The minimum Gasteiger partial charge on any atom is -0.256 e. The van der Waals surface area contributed by atoms with Gasteiger partial charge in [-0.2, -0.15) is 0 Å². The predicted octanol–water partition coefficient (Wildman–Crippen LogP) is 4.63. The lowest BCUT2D eigenvalue weighted by molar-refractivity contribution is 0.418. The Hall–Kier alpha value is -1.37. The zero-order chi connectivity index (χ0) is 11.8. The molecule has 1 aromatic heterocycles. The number of nitrogens with zero attached hydrogens (tertiary/aromatic N) is 1. The van der Waals surface area contributed by atoms with Gasteiger partial charge < -0.3 is 0 Å². The van der Waals surface area contributed by atoms with Crippen LogP contribution in [0.4, 0.5) is 0 Å². The fourth-order valence-electron chi connectivity index (χ4n) is 2.79.